The second kappa shape index (κ2) is 51.7. The van der Waals surface area contributed by atoms with Gasteiger partial charge in [-0.2, -0.15) is 0 Å². The maximum Gasteiger partial charge on any atom is 0.335 e. The molecule has 0 aliphatic carbocycles. The molecule has 0 spiro atoms. The molecule has 1 heterocycles. The van der Waals surface area contributed by atoms with Gasteiger partial charge in [0.05, 0.1) is 6.61 Å². The smallest absolute Gasteiger partial charge is 0.335 e. The Balaban J connectivity index is 2.68. The zero-order chi connectivity index (χ0) is 54.7. The molecule has 0 aromatic heterocycles. The van der Waals surface area contributed by atoms with E-state index in [1.165, 1.54) is 128 Å². The van der Waals surface area contributed by atoms with E-state index in [0.717, 1.165) is 103 Å². The minimum atomic E-state index is -1.90. The molecule has 1 rings (SSSR count). The predicted octanol–water partition coefficient (Wildman–Crippen LogP) is 16.0. The zero-order valence-electron chi connectivity index (χ0n) is 48.1. The number of hydrogen-bond acceptors (Lipinski definition) is 11. The zero-order valence-corrected chi connectivity index (χ0v) is 48.1. The number of carboxylic acid groups (broad SMARTS) is 1. The summed E-state index contributed by atoms with van der Waals surface area (Å²) in [6.07, 6.45) is 48.2. The van der Waals surface area contributed by atoms with Gasteiger partial charge >= 0.3 is 23.9 Å². The average Bonchev–Trinajstić information content (AvgIpc) is 3.39. The summed E-state index contributed by atoms with van der Waals surface area (Å²) in [5.74, 6) is -3.12. The summed E-state index contributed by atoms with van der Waals surface area (Å²) >= 11 is 0. The number of carboxylic acids is 1. The topological polar surface area (TPSA) is 175 Å². The fraction of sp³-hybridized carbons (Fsp3) is 0.841. The number of aliphatic carboxylic acids is 1. The number of aliphatic hydroxyl groups is 2. The van der Waals surface area contributed by atoms with E-state index >= 15 is 0 Å². The van der Waals surface area contributed by atoms with Crippen molar-refractivity contribution in [2.75, 3.05) is 13.2 Å². The first kappa shape index (κ1) is 70.0. The summed E-state index contributed by atoms with van der Waals surface area (Å²) in [7, 11) is 0. The number of carbonyl (C=O) groups excluding carboxylic acids is 3. The largest absolute Gasteiger partial charge is 0.479 e. The quantitative estimate of drug-likeness (QED) is 0.0228. The maximum atomic E-state index is 13.2. The van der Waals surface area contributed by atoms with Gasteiger partial charge in [0.15, 0.2) is 24.6 Å². The van der Waals surface area contributed by atoms with Crippen LogP contribution in [0.5, 0.6) is 0 Å². The number of allylic oxidation sites excluding steroid dienone is 6. The van der Waals surface area contributed by atoms with Gasteiger partial charge in [-0.1, -0.05) is 231 Å². The Labute approximate surface area is 457 Å². The standard InChI is InChI=1S/C63H112O12/c1-4-7-10-13-16-19-22-25-27-28-30-32-34-37-40-43-46-49-55(64)71-52-54(73-56(65)50-47-44-41-38-36-33-29-26-23-20-17-14-11-8-5-2)53-72-63-61(59(68)58(67)60(75-63)62(69)70)74-57(66)51-48-45-42-39-35-31-24-21-18-15-12-9-6-3/h17,20-21,24,26,29,54,58-61,63,67-68H,4-16,18-19,22-23,25,27-28,30-53H2,1-3H3,(H,69,70)/b20-17-,24-21-,29-26-. The molecule has 1 fully saturated rings. The summed E-state index contributed by atoms with van der Waals surface area (Å²) in [6, 6.07) is 0. The van der Waals surface area contributed by atoms with Crippen LogP contribution in [0.25, 0.3) is 0 Å². The lowest BCUT2D eigenvalue weighted by atomic mass is 9.98. The van der Waals surface area contributed by atoms with Crippen LogP contribution in [0.2, 0.25) is 0 Å². The highest BCUT2D eigenvalue weighted by molar-refractivity contribution is 5.74. The van der Waals surface area contributed by atoms with Crippen LogP contribution < -0.4 is 0 Å². The third-order valence-electron chi connectivity index (χ3n) is 14.2. The summed E-state index contributed by atoms with van der Waals surface area (Å²) in [4.78, 5) is 51.2. The molecule has 1 saturated heterocycles. The van der Waals surface area contributed by atoms with E-state index in [0.29, 0.717) is 19.3 Å². The lowest BCUT2D eigenvalue weighted by molar-refractivity contribution is -0.301. The Bertz CT molecular complexity index is 1450. The second-order valence-corrected chi connectivity index (χ2v) is 21.3. The SMILES string of the molecule is CCCCC/C=C\C/C=C\CCCCCCCC(=O)OC(COC(=O)CCCCCCCCCCCCCCCCCCC)COC1OC(C(=O)O)C(O)C(O)C1OC(=O)CCCCCCC/C=C\CCCCCC. The molecular formula is C63H112O12. The maximum absolute atomic E-state index is 13.2. The van der Waals surface area contributed by atoms with Crippen molar-refractivity contribution in [1.82, 2.24) is 0 Å². The molecule has 75 heavy (non-hydrogen) atoms. The van der Waals surface area contributed by atoms with E-state index in [-0.39, 0.29) is 25.9 Å². The molecule has 6 atom stereocenters. The van der Waals surface area contributed by atoms with Crippen molar-refractivity contribution >= 4 is 23.9 Å². The first-order valence-corrected chi connectivity index (χ1v) is 31.0. The molecule has 12 heteroatoms. The fourth-order valence-electron chi connectivity index (χ4n) is 9.39. The van der Waals surface area contributed by atoms with Crippen LogP contribution in [-0.2, 0) is 42.9 Å². The third-order valence-corrected chi connectivity index (χ3v) is 14.2. The third kappa shape index (κ3) is 41.7. The highest BCUT2D eigenvalue weighted by Crippen LogP contribution is 2.27. The summed E-state index contributed by atoms with van der Waals surface area (Å²) < 4.78 is 28.5. The molecule has 0 aromatic rings. The van der Waals surface area contributed by atoms with Crippen LogP contribution in [0.3, 0.4) is 0 Å². The summed E-state index contributed by atoms with van der Waals surface area (Å²) in [5.41, 5.74) is 0. The predicted molar refractivity (Wildman–Crippen MR) is 303 cm³/mol. The number of carbonyl (C=O) groups is 4. The highest BCUT2D eigenvalue weighted by atomic mass is 16.7. The molecular weight excluding hydrogens is 949 g/mol. The van der Waals surface area contributed by atoms with Crippen molar-refractivity contribution in [1.29, 1.82) is 0 Å². The molecule has 1 aliphatic heterocycles. The van der Waals surface area contributed by atoms with E-state index in [9.17, 15) is 34.5 Å². The Hall–Kier alpha value is -3.06. The van der Waals surface area contributed by atoms with Crippen molar-refractivity contribution in [2.24, 2.45) is 0 Å². The van der Waals surface area contributed by atoms with Gasteiger partial charge < -0.3 is 39.0 Å². The lowest BCUT2D eigenvalue weighted by Crippen LogP contribution is -2.61. The molecule has 0 aromatic carbocycles. The van der Waals surface area contributed by atoms with E-state index in [1.807, 2.05) is 0 Å². The molecule has 436 valence electrons. The van der Waals surface area contributed by atoms with E-state index in [4.69, 9.17) is 23.7 Å². The number of rotatable bonds is 53. The Morgan fingerprint density at radius 1 is 0.440 bits per heavy atom. The van der Waals surface area contributed by atoms with Crippen molar-refractivity contribution < 1.29 is 58.2 Å². The molecule has 0 saturated carbocycles. The molecule has 0 amide bonds. The number of hydrogen-bond donors (Lipinski definition) is 3. The normalized spacial score (nSPS) is 18.3. The Kier molecular flexibility index (Phi) is 48.2. The Morgan fingerprint density at radius 3 is 1.25 bits per heavy atom. The number of aliphatic hydroxyl groups excluding tert-OH is 2. The monoisotopic (exact) mass is 1060 g/mol. The first-order valence-electron chi connectivity index (χ1n) is 31.0. The molecule has 0 bridgehead atoms. The van der Waals surface area contributed by atoms with Crippen LogP contribution in [0.4, 0.5) is 0 Å². The van der Waals surface area contributed by atoms with Crippen LogP contribution in [0, 0.1) is 0 Å². The number of ether oxygens (including phenoxy) is 5. The molecule has 6 unspecified atom stereocenters. The molecule has 0 radical (unpaired) electrons. The van der Waals surface area contributed by atoms with Gasteiger partial charge in [0.2, 0.25) is 0 Å². The first-order chi connectivity index (χ1) is 36.6. The van der Waals surface area contributed by atoms with Crippen LogP contribution in [-0.4, -0.2) is 89.2 Å². The van der Waals surface area contributed by atoms with E-state index < -0.39 is 67.3 Å². The van der Waals surface area contributed by atoms with Gasteiger partial charge in [0.1, 0.15) is 18.8 Å². The van der Waals surface area contributed by atoms with Crippen molar-refractivity contribution in [2.45, 2.75) is 327 Å². The van der Waals surface area contributed by atoms with Crippen molar-refractivity contribution in [3.8, 4) is 0 Å². The van der Waals surface area contributed by atoms with Crippen LogP contribution >= 0.6 is 0 Å². The number of esters is 3. The van der Waals surface area contributed by atoms with Gasteiger partial charge in [-0.25, -0.2) is 4.79 Å². The summed E-state index contributed by atoms with van der Waals surface area (Å²) in [6.45, 7) is 5.97. The second-order valence-electron chi connectivity index (χ2n) is 21.3. The van der Waals surface area contributed by atoms with Crippen molar-refractivity contribution in [3.63, 3.8) is 0 Å². The average molecular weight is 1060 g/mol. The summed E-state index contributed by atoms with van der Waals surface area (Å²) in [5, 5.41) is 31.5. The van der Waals surface area contributed by atoms with Gasteiger partial charge in [-0.3, -0.25) is 14.4 Å². The van der Waals surface area contributed by atoms with Crippen LogP contribution in [0.1, 0.15) is 290 Å². The fourth-order valence-corrected chi connectivity index (χ4v) is 9.39. The van der Waals surface area contributed by atoms with Gasteiger partial charge in [-0.15, -0.1) is 0 Å². The van der Waals surface area contributed by atoms with Gasteiger partial charge in [-0.05, 0) is 77.0 Å². The minimum absolute atomic E-state index is 0.0514. The van der Waals surface area contributed by atoms with Crippen molar-refractivity contribution in [3.05, 3.63) is 36.5 Å². The lowest BCUT2D eigenvalue weighted by Gasteiger charge is -2.40. The highest BCUT2D eigenvalue weighted by Gasteiger charge is 2.50. The molecule has 1 aliphatic rings. The molecule has 12 nitrogen and oxygen atoms in total. The minimum Gasteiger partial charge on any atom is -0.479 e. The van der Waals surface area contributed by atoms with E-state index in [2.05, 4.69) is 57.2 Å². The van der Waals surface area contributed by atoms with Gasteiger partial charge in [0, 0.05) is 19.3 Å². The van der Waals surface area contributed by atoms with Crippen LogP contribution in [0.15, 0.2) is 36.5 Å². The number of unbranched alkanes of at least 4 members (excludes halogenated alkanes) is 33. The Morgan fingerprint density at radius 2 is 0.800 bits per heavy atom. The van der Waals surface area contributed by atoms with Gasteiger partial charge in [0.25, 0.3) is 0 Å². The van der Waals surface area contributed by atoms with E-state index in [1.54, 1.807) is 0 Å². The molecule has 3 N–H and O–H groups in total.